The molecule has 2 fully saturated rings. The molecular formula is C15H19ClN2O4S. The summed E-state index contributed by atoms with van der Waals surface area (Å²) in [4.78, 5) is 16.6. The number of likely N-dealkylation sites (N-methyl/N-ethyl adjacent to an activating group) is 1. The van der Waals surface area contributed by atoms with Gasteiger partial charge < -0.3 is 9.64 Å². The molecule has 0 unspecified atom stereocenters. The molecule has 0 spiro atoms. The van der Waals surface area contributed by atoms with Crippen LogP contribution in [-0.2, 0) is 9.84 Å². The van der Waals surface area contributed by atoms with Gasteiger partial charge in [-0.1, -0.05) is 11.6 Å². The Morgan fingerprint density at radius 3 is 2.65 bits per heavy atom. The van der Waals surface area contributed by atoms with Crippen LogP contribution in [0.2, 0.25) is 5.02 Å². The van der Waals surface area contributed by atoms with E-state index in [4.69, 9.17) is 16.3 Å². The molecule has 23 heavy (non-hydrogen) atoms. The lowest BCUT2D eigenvalue weighted by Gasteiger charge is -2.42. The highest BCUT2D eigenvalue weighted by molar-refractivity contribution is 7.91. The van der Waals surface area contributed by atoms with Crippen molar-refractivity contribution < 1.29 is 17.9 Å². The zero-order valence-corrected chi connectivity index (χ0v) is 14.6. The van der Waals surface area contributed by atoms with E-state index in [0.29, 0.717) is 29.4 Å². The Hall–Kier alpha value is -1.31. The highest BCUT2D eigenvalue weighted by Gasteiger charge is 2.47. The van der Waals surface area contributed by atoms with Gasteiger partial charge >= 0.3 is 0 Å². The molecule has 3 rings (SSSR count). The van der Waals surface area contributed by atoms with Crippen molar-refractivity contribution in [1.29, 1.82) is 0 Å². The van der Waals surface area contributed by atoms with E-state index in [-0.39, 0.29) is 29.5 Å². The van der Waals surface area contributed by atoms with Crippen LogP contribution in [0.1, 0.15) is 10.4 Å². The van der Waals surface area contributed by atoms with Crippen molar-refractivity contribution in [2.24, 2.45) is 0 Å². The minimum Gasteiger partial charge on any atom is -0.496 e. The third-order valence-electron chi connectivity index (χ3n) is 4.61. The number of hydrogen-bond donors (Lipinski definition) is 0. The molecule has 0 N–H and O–H groups in total. The quantitative estimate of drug-likeness (QED) is 0.786. The number of halogens is 1. The van der Waals surface area contributed by atoms with Gasteiger partial charge in [-0.05, 0) is 25.2 Å². The number of nitrogens with zero attached hydrogens (tertiary/aromatic N) is 2. The van der Waals surface area contributed by atoms with Crippen LogP contribution in [0.5, 0.6) is 5.75 Å². The van der Waals surface area contributed by atoms with Gasteiger partial charge in [0.15, 0.2) is 9.84 Å². The van der Waals surface area contributed by atoms with Crippen molar-refractivity contribution in [3.63, 3.8) is 0 Å². The lowest BCUT2D eigenvalue weighted by molar-refractivity contribution is 0.0407. The number of ether oxygens (including phenoxy) is 1. The molecule has 1 amide bonds. The number of hydrogen-bond acceptors (Lipinski definition) is 5. The molecule has 8 heteroatoms. The maximum absolute atomic E-state index is 13.0. The highest BCUT2D eigenvalue weighted by atomic mass is 35.5. The van der Waals surface area contributed by atoms with E-state index in [1.165, 1.54) is 7.11 Å². The van der Waals surface area contributed by atoms with Crippen LogP contribution in [0.3, 0.4) is 0 Å². The largest absolute Gasteiger partial charge is 0.496 e. The number of amides is 1. The molecule has 0 aromatic heterocycles. The summed E-state index contributed by atoms with van der Waals surface area (Å²) in [5.74, 6) is 0.321. The predicted molar refractivity (Wildman–Crippen MR) is 87.9 cm³/mol. The van der Waals surface area contributed by atoms with Gasteiger partial charge in [-0.25, -0.2) is 8.42 Å². The van der Waals surface area contributed by atoms with Crippen molar-refractivity contribution in [3.8, 4) is 5.75 Å². The molecule has 1 aromatic rings. The molecule has 2 atom stereocenters. The van der Waals surface area contributed by atoms with Gasteiger partial charge in [-0.2, -0.15) is 0 Å². The fourth-order valence-corrected chi connectivity index (χ4v) is 5.61. The summed E-state index contributed by atoms with van der Waals surface area (Å²) in [7, 11) is 0.269. The summed E-state index contributed by atoms with van der Waals surface area (Å²) in [5.41, 5.74) is 0.368. The predicted octanol–water partition coefficient (Wildman–Crippen LogP) is 0.902. The van der Waals surface area contributed by atoms with Crippen molar-refractivity contribution in [3.05, 3.63) is 28.8 Å². The molecule has 0 bridgehead atoms. The van der Waals surface area contributed by atoms with Crippen LogP contribution >= 0.6 is 11.6 Å². The number of carbonyl (C=O) groups is 1. The Bertz CT molecular complexity index is 737. The number of rotatable bonds is 2. The first-order valence-corrected chi connectivity index (χ1v) is 9.57. The van der Waals surface area contributed by atoms with Gasteiger partial charge in [0.2, 0.25) is 0 Å². The van der Waals surface area contributed by atoms with E-state index in [9.17, 15) is 13.2 Å². The summed E-state index contributed by atoms with van der Waals surface area (Å²) in [6.45, 7) is 1.13. The molecule has 6 nitrogen and oxygen atoms in total. The van der Waals surface area contributed by atoms with Crippen LogP contribution in [0.4, 0.5) is 0 Å². The van der Waals surface area contributed by atoms with E-state index in [2.05, 4.69) is 0 Å². The van der Waals surface area contributed by atoms with Crippen molar-refractivity contribution in [2.45, 2.75) is 12.1 Å². The molecule has 0 aliphatic carbocycles. The summed E-state index contributed by atoms with van der Waals surface area (Å²) in [5, 5.41) is 0.443. The smallest absolute Gasteiger partial charge is 0.258 e. The third kappa shape index (κ3) is 3.05. The molecule has 0 saturated carbocycles. The molecule has 0 radical (unpaired) electrons. The lowest BCUT2D eigenvalue weighted by Crippen LogP contribution is -2.59. The zero-order chi connectivity index (χ0) is 16.8. The zero-order valence-electron chi connectivity index (χ0n) is 13.0. The first-order valence-electron chi connectivity index (χ1n) is 7.37. The van der Waals surface area contributed by atoms with Gasteiger partial charge in [0.1, 0.15) is 5.75 Å². The van der Waals surface area contributed by atoms with Gasteiger partial charge in [-0.15, -0.1) is 0 Å². The summed E-state index contributed by atoms with van der Waals surface area (Å²) < 4.78 is 29.3. The van der Waals surface area contributed by atoms with E-state index >= 15 is 0 Å². The number of benzene rings is 1. The molecule has 2 aliphatic heterocycles. The Morgan fingerprint density at radius 2 is 1.96 bits per heavy atom. The Balaban J connectivity index is 1.95. The Morgan fingerprint density at radius 1 is 1.26 bits per heavy atom. The normalized spacial score (nSPS) is 26.8. The maximum Gasteiger partial charge on any atom is 0.258 e. The van der Waals surface area contributed by atoms with Crippen molar-refractivity contribution >= 4 is 27.3 Å². The SMILES string of the molecule is COc1ccc(Cl)cc1C(=O)N1CCN(C)[C@H]2CS(=O)(=O)C[C@H]21. The number of carbonyl (C=O) groups excluding carboxylic acids is 1. The van der Waals surface area contributed by atoms with E-state index in [0.717, 1.165) is 0 Å². The Kier molecular flexibility index (Phi) is 4.29. The topological polar surface area (TPSA) is 66.9 Å². The first kappa shape index (κ1) is 16.5. The number of methoxy groups -OCH3 is 1. The number of sulfone groups is 1. The molecule has 1 aromatic carbocycles. The molecule has 2 aliphatic rings. The minimum absolute atomic E-state index is 0.0105. The van der Waals surface area contributed by atoms with Crippen molar-refractivity contribution in [2.75, 3.05) is 38.8 Å². The highest BCUT2D eigenvalue weighted by Crippen LogP contribution is 2.30. The van der Waals surface area contributed by atoms with E-state index in [1.807, 2.05) is 11.9 Å². The monoisotopic (exact) mass is 358 g/mol. The molecule has 126 valence electrons. The van der Waals surface area contributed by atoms with Crippen LogP contribution in [0.25, 0.3) is 0 Å². The average Bonchev–Trinajstić information content (AvgIpc) is 2.83. The second-order valence-corrected chi connectivity index (χ2v) is 8.63. The van der Waals surface area contributed by atoms with Gasteiger partial charge in [0.05, 0.1) is 30.2 Å². The van der Waals surface area contributed by atoms with Crippen LogP contribution in [0.15, 0.2) is 18.2 Å². The molecule has 2 saturated heterocycles. The summed E-state index contributed by atoms with van der Waals surface area (Å²) in [6, 6.07) is 4.40. The Labute approximate surface area is 140 Å². The number of fused-ring (bicyclic) bond motifs is 1. The fourth-order valence-electron chi connectivity index (χ4n) is 3.38. The summed E-state index contributed by atoms with van der Waals surface area (Å²) >= 11 is 6.01. The van der Waals surface area contributed by atoms with Crippen LogP contribution in [-0.4, -0.2) is 75.0 Å². The standard InChI is InChI=1S/C15H19ClN2O4S/c1-17-5-6-18(13-9-23(20,21)8-12(13)17)15(19)11-7-10(16)3-4-14(11)22-2/h3-4,7,12-13H,5-6,8-9H2,1-2H3/t12-,13+/m0/s1. The van der Waals surface area contributed by atoms with E-state index in [1.54, 1.807) is 23.1 Å². The second-order valence-electron chi connectivity index (χ2n) is 6.04. The maximum atomic E-state index is 13.0. The van der Waals surface area contributed by atoms with E-state index < -0.39 is 9.84 Å². The van der Waals surface area contributed by atoms with Crippen LogP contribution in [0, 0.1) is 0 Å². The minimum atomic E-state index is -3.13. The van der Waals surface area contributed by atoms with Crippen molar-refractivity contribution in [1.82, 2.24) is 9.80 Å². The summed E-state index contributed by atoms with van der Waals surface area (Å²) in [6.07, 6.45) is 0. The third-order valence-corrected chi connectivity index (χ3v) is 6.54. The van der Waals surface area contributed by atoms with Gasteiger partial charge in [0.25, 0.3) is 5.91 Å². The molecule has 2 heterocycles. The number of piperazine rings is 1. The fraction of sp³-hybridized carbons (Fsp3) is 0.533. The van der Waals surface area contributed by atoms with Gasteiger partial charge in [-0.3, -0.25) is 9.69 Å². The second kappa shape index (κ2) is 5.96. The van der Waals surface area contributed by atoms with Crippen LogP contribution < -0.4 is 4.74 Å². The first-order chi connectivity index (χ1) is 10.8. The van der Waals surface area contributed by atoms with Gasteiger partial charge in [0, 0.05) is 24.2 Å². The molecular weight excluding hydrogens is 340 g/mol. The lowest BCUT2D eigenvalue weighted by atomic mass is 10.0. The average molecular weight is 359 g/mol.